The maximum atomic E-state index is 8.46. The molecule has 235 valence electrons. The maximum Gasteiger partial charge on any atom is 0 e. The quantitative estimate of drug-likeness (QED) is 0.131. The molecule has 3 aromatic heterocycles. The topological polar surface area (TPSA) is 38.9 Å². The van der Waals surface area contributed by atoms with Crippen LogP contribution in [-0.4, -0.2) is 23.2 Å². The van der Waals surface area contributed by atoms with E-state index in [4.69, 9.17) is 9.90 Å². The SMILES string of the molecule is [2H]c1nc(-c2[c-]ccc3c2oc2cc4ccccc4cc23)cc(CC(C)(C)C)c1C([2H])([2H])[2H].[CH3][Ge]([CH3])([CH3])[c]1ccc(-c2[c-]cccc2)nc1.[Ir]. The number of hydrogen-bond donors (Lipinski definition) is 0. The van der Waals surface area contributed by atoms with Gasteiger partial charge in [0.2, 0.25) is 0 Å². The smallest absolute Gasteiger partial charge is 0 e. The predicted octanol–water partition coefficient (Wildman–Crippen LogP) is 10.6. The molecule has 46 heavy (non-hydrogen) atoms. The molecule has 7 aromatic rings. The number of nitrogens with zero attached hydrogens (tertiary/aromatic N) is 2. The molecule has 0 atom stereocenters. The van der Waals surface area contributed by atoms with Gasteiger partial charge in [0.05, 0.1) is 6.95 Å². The van der Waals surface area contributed by atoms with Crippen molar-refractivity contribution in [2.45, 2.75) is 51.3 Å². The number of fused-ring (bicyclic) bond motifs is 4. The summed E-state index contributed by atoms with van der Waals surface area (Å²) in [6, 6.07) is 36.6. The van der Waals surface area contributed by atoms with Crippen molar-refractivity contribution in [2.75, 3.05) is 0 Å². The molecule has 0 aliphatic carbocycles. The van der Waals surface area contributed by atoms with Gasteiger partial charge in [0.25, 0.3) is 0 Å². The van der Waals surface area contributed by atoms with Crippen LogP contribution in [0.15, 0.2) is 108 Å². The van der Waals surface area contributed by atoms with Crippen molar-refractivity contribution in [2.24, 2.45) is 5.41 Å². The first-order chi connectivity index (χ1) is 23.1. The Bertz CT molecular complexity index is 2270. The molecule has 0 amide bonds. The Morgan fingerprint density at radius 1 is 0.826 bits per heavy atom. The molecule has 0 saturated heterocycles. The van der Waals surface area contributed by atoms with Crippen LogP contribution in [0, 0.1) is 24.4 Å². The summed E-state index contributed by atoms with van der Waals surface area (Å²) in [6.07, 6.45) is 2.33. The summed E-state index contributed by atoms with van der Waals surface area (Å²) in [6.45, 7) is 3.75. The number of pyridine rings is 2. The Morgan fingerprint density at radius 3 is 2.24 bits per heavy atom. The van der Waals surface area contributed by atoms with E-state index in [1.165, 1.54) is 4.40 Å². The third-order valence-electron chi connectivity index (χ3n) is 7.81. The van der Waals surface area contributed by atoms with Crippen LogP contribution in [0.3, 0.4) is 0 Å². The van der Waals surface area contributed by atoms with E-state index in [9.17, 15) is 0 Å². The largest absolute Gasteiger partial charge is 0 e. The molecular formula is C41H40GeIrN2O-2. The zero-order valence-corrected chi connectivity index (χ0v) is 31.6. The molecule has 0 bridgehead atoms. The van der Waals surface area contributed by atoms with Gasteiger partial charge >= 0.3 is 99.8 Å². The van der Waals surface area contributed by atoms with Crippen molar-refractivity contribution < 1.29 is 30.0 Å². The molecule has 0 aliphatic heterocycles. The molecule has 0 spiro atoms. The van der Waals surface area contributed by atoms with Gasteiger partial charge in [-0.2, -0.15) is 0 Å². The minimum absolute atomic E-state index is 0. The van der Waals surface area contributed by atoms with Gasteiger partial charge in [0, 0.05) is 35.8 Å². The van der Waals surface area contributed by atoms with Crippen LogP contribution in [0.1, 0.15) is 37.4 Å². The molecule has 5 heteroatoms. The van der Waals surface area contributed by atoms with E-state index in [0.29, 0.717) is 28.8 Å². The zero-order chi connectivity index (χ0) is 35.1. The summed E-state index contributed by atoms with van der Waals surface area (Å²) in [7, 11) is 0. The number of benzene rings is 4. The second-order valence-corrected chi connectivity index (χ2v) is 24.4. The van der Waals surface area contributed by atoms with E-state index in [1.807, 2.05) is 60.8 Å². The third-order valence-corrected chi connectivity index (χ3v) is 12.1. The standard InChI is InChI=1S/C27H24NO.C14H16GeN.Ir/c1-17-16-28-24(13-20(17)15-27(2,3)4)22-11-7-10-21-23-12-18-8-5-6-9-19(18)14-25(23)29-26(21)22;1-15(2,3)13-9-10-14(16-11-13)12-7-5-4-6-8-12;/h5-10,12-14,16H,15H2,1-4H3;4-7,9-11H,1-3H3;/q2*-1;/i1D3,16D;;. The van der Waals surface area contributed by atoms with Crippen LogP contribution >= 0.6 is 0 Å². The van der Waals surface area contributed by atoms with Gasteiger partial charge in [-0.25, -0.2) is 0 Å². The van der Waals surface area contributed by atoms with Crippen molar-refractivity contribution >= 4 is 50.4 Å². The Morgan fingerprint density at radius 2 is 1.59 bits per heavy atom. The van der Waals surface area contributed by atoms with Crippen LogP contribution in [-0.2, 0) is 26.5 Å². The fraction of sp³-hybridized carbons (Fsp3) is 0.220. The van der Waals surface area contributed by atoms with E-state index in [-0.39, 0.29) is 37.3 Å². The van der Waals surface area contributed by atoms with Crippen molar-refractivity contribution in [1.82, 2.24) is 9.97 Å². The van der Waals surface area contributed by atoms with E-state index in [2.05, 4.69) is 90.5 Å². The van der Waals surface area contributed by atoms with Crippen molar-refractivity contribution in [3.8, 4) is 22.5 Å². The Hall–Kier alpha value is -3.57. The summed E-state index contributed by atoms with van der Waals surface area (Å²) in [5, 5.41) is 4.16. The summed E-state index contributed by atoms with van der Waals surface area (Å²) in [4.78, 5) is 8.92. The predicted molar refractivity (Wildman–Crippen MR) is 193 cm³/mol. The van der Waals surface area contributed by atoms with E-state index < -0.39 is 20.1 Å². The maximum absolute atomic E-state index is 8.46. The Labute approximate surface area is 294 Å². The molecule has 3 nitrogen and oxygen atoms in total. The molecule has 0 fully saturated rings. The molecule has 1 radical (unpaired) electrons. The van der Waals surface area contributed by atoms with Gasteiger partial charge in [0.15, 0.2) is 0 Å². The third kappa shape index (κ3) is 7.52. The summed E-state index contributed by atoms with van der Waals surface area (Å²) in [5.74, 6) is 7.14. The second-order valence-electron chi connectivity index (χ2n) is 13.7. The molecule has 4 aromatic carbocycles. The van der Waals surface area contributed by atoms with Crippen molar-refractivity contribution in [3.05, 3.63) is 127 Å². The average Bonchev–Trinajstić information content (AvgIpc) is 3.40. The number of rotatable bonds is 4. The van der Waals surface area contributed by atoms with Gasteiger partial charge in [-0.3, -0.25) is 0 Å². The normalized spacial score (nSPS) is 13.3. The monoisotopic (exact) mass is 847 g/mol. The number of furan rings is 1. The van der Waals surface area contributed by atoms with Gasteiger partial charge in [-0.1, -0.05) is 67.6 Å². The minimum Gasteiger partial charge on any atom is 0 e. The van der Waals surface area contributed by atoms with Gasteiger partial charge in [-0.05, 0) is 52.9 Å². The van der Waals surface area contributed by atoms with Gasteiger partial charge in [-0.15, -0.1) is 18.2 Å². The molecule has 0 saturated carbocycles. The summed E-state index contributed by atoms with van der Waals surface area (Å²) in [5.41, 5.74) is 5.10. The first-order valence-electron chi connectivity index (χ1n) is 17.3. The van der Waals surface area contributed by atoms with Crippen molar-refractivity contribution in [3.63, 3.8) is 0 Å². The van der Waals surface area contributed by atoms with Crippen LogP contribution < -0.4 is 4.40 Å². The fourth-order valence-corrected chi connectivity index (χ4v) is 7.63. The molecule has 0 unspecified atom stereocenters. The Kier molecular flexibility index (Phi) is 8.50. The summed E-state index contributed by atoms with van der Waals surface area (Å²) >= 11 is -1.72. The van der Waals surface area contributed by atoms with Crippen LogP contribution in [0.25, 0.3) is 55.2 Å². The van der Waals surface area contributed by atoms with Crippen LogP contribution in [0.2, 0.25) is 17.3 Å². The van der Waals surface area contributed by atoms with Crippen LogP contribution in [0.4, 0.5) is 0 Å². The molecule has 0 aliphatic rings. The average molecular weight is 846 g/mol. The van der Waals surface area contributed by atoms with Crippen molar-refractivity contribution in [1.29, 1.82) is 0 Å². The number of hydrogen-bond acceptors (Lipinski definition) is 3. The van der Waals surface area contributed by atoms with Gasteiger partial charge < -0.3 is 9.40 Å². The minimum atomic E-state index is -2.40. The van der Waals surface area contributed by atoms with Crippen LogP contribution in [0.5, 0.6) is 0 Å². The van der Waals surface area contributed by atoms with E-state index in [1.54, 1.807) is 6.07 Å². The zero-order valence-electron chi connectivity index (χ0n) is 31.1. The van der Waals surface area contributed by atoms with E-state index >= 15 is 0 Å². The molecule has 3 heterocycles. The summed E-state index contributed by atoms with van der Waals surface area (Å²) < 4.78 is 40.1. The molecule has 7 rings (SSSR count). The Balaban J connectivity index is 0.000000241. The molecular weight excluding hydrogens is 801 g/mol. The fourth-order valence-electron chi connectivity index (χ4n) is 5.46. The second kappa shape index (κ2) is 13.7. The first kappa shape index (κ1) is 28.6. The van der Waals surface area contributed by atoms with E-state index in [0.717, 1.165) is 38.4 Å². The molecule has 0 N–H and O–H groups in total. The number of aromatic nitrogens is 2. The first-order valence-corrected chi connectivity index (χ1v) is 22.6. The van der Waals surface area contributed by atoms with Gasteiger partial charge in [0.1, 0.15) is 5.58 Å².